The number of ether oxygens (including phenoxy) is 2. The van der Waals surface area contributed by atoms with E-state index in [1.54, 1.807) is 12.1 Å². The minimum Gasteiger partial charge on any atom is -0.350 e. The molecule has 0 N–H and O–H groups in total. The Bertz CT molecular complexity index is 769. The fraction of sp³-hybridized carbons (Fsp3) is 0.760. The van der Waals surface area contributed by atoms with Gasteiger partial charge in [-0.2, -0.15) is 8.42 Å². The summed E-state index contributed by atoms with van der Waals surface area (Å²) in [6, 6.07) is 6.89. The van der Waals surface area contributed by atoms with E-state index in [4.69, 9.17) is 13.7 Å². The molecule has 0 spiro atoms. The number of aryl methyl sites for hydroxylation is 1. The smallest absolute Gasteiger partial charge is 0.296 e. The summed E-state index contributed by atoms with van der Waals surface area (Å²) in [5, 5.41) is 0. The van der Waals surface area contributed by atoms with Crippen LogP contribution in [0.5, 0.6) is 0 Å². The molecule has 3 aliphatic rings. The average Bonchev–Trinajstić information content (AvgIpc) is 3.31. The molecule has 3 fully saturated rings. The zero-order valence-corrected chi connectivity index (χ0v) is 19.7. The zero-order valence-electron chi connectivity index (χ0n) is 18.8. The summed E-state index contributed by atoms with van der Waals surface area (Å²) in [4.78, 5) is 0.259. The molecule has 0 bridgehead atoms. The maximum atomic E-state index is 12.4. The molecule has 0 radical (unpaired) electrons. The van der Waals surface area contributed by atoms with E-state index in [2.05, 4.69) is 0 Å². The molecule has 1 heterocycles. The number of hydrogen-bond donors (Lipinski definition) is 0. The summed E-state index contributed by atoms with van der Waals surface area (Å²) in [7, 11) is -3.65. The highest BCUT2D eigenvalue weighted by molar-refractivity contribution is 7.86. The summed E-state index contributed by atoms with van der Waals surface area (Å²) < 4.78 is 41.4. The second-order valence-corrected chi connectivity index (χ2v) is 11.5. The number of benzene rings is 1. The van der Waals surface area contributed by atoms with Gasteiger partial charge in [0.1, 0.15) is 0 Å². The number of hydrogen-bond acceptors (Lipinski definition) is 5. The van der Waals surface area contributed by atoms with Crippen molar-refractivity contribution < 1.29 is 22.1 Å². The number of rotatable bonds is 8. The maximum Gasteiger partial charge on any atom is 0.296 e. The van der Waals surface area contributed by atoms with Gasteiger partial charge in [-0.15, -0.1) is 0 Å². The quantitative estimate of drug-likeness (QED) is 0.492. The fourth-order valence-electron chi connectivity index (χ4n) is 5.68. The molecule has 0 unspecified atom stereocenters. The molecule has 2 saturated carbocycles. The van der Waals surface area contributed by atoms with Crippen LogP contribution in [0.4, 0.5) is 0 Å². The molecule has 2 aliphatic carbocycles. The maximum absolute atomic E-state index is 12.4. The minimum atomic E-state index is -3.65. The van der Waals surface area contributed by atoms with E-state index < -0.39 is 10.1 Å². The van der Waals surface area contributed by atoms with Crippen molar-refractivity contribution in [2.75, 3.05) is 19.8 Å². The van der Waals surface area contributed by atoms with E-state index in [-0.39, 0.29) is 11.2 Å². The molecule has 174 valence electrons. The van der Waals surface area contributed by atoms with Crippen LogP contribution in [-0.4, -0.2) is 34.5 Å². The molecule has 0 amide bonds. The van der Waals surface area contributed by atoms with Gasteiger partial charge in [0.25, 0.3) is 10.1 Å². The van der Waals surface area contributed by atoms with Crippen molar-refractivity contribution >= 4 is 10.1 Å². The van der Waals surface area contributed by atoms with Crippen molar-refractivity contribution in [3.05, 3.63) is 29.8 Å². The summed E-state index contributed by atoms with van der Waals surface area (Å²) >= 11 is 0. The third-order valence-electron chi connectivity index (χ3n) is 7.72. The van der Waals surface area contributed by atoms with E-state index in [0.29, 0.717) is 12.5 Å². The average molecular weight is 451 g/mol. The highest BCUT2D eigenvalue weighted by atomic mass is 32.2. The molecule has 4 rings (SSSR count). The molecule has 0 atom stereocenters. The topological polar surface area (TPSA) is 61.8 Å². The van der Waals surface area contributed by atoms with E-state index in [1.807, 2.05) is 19.1 Å². The van der Waals surface area contributed by atoms with Gasteiger partial charge < -0.3 is 9.47 Å². The van der Waals surface area contributed by atoms with E-state index >= 15 is 0 Å². The second-order valence-electron chi connectivity index (χ2n) is 9.86. The third kappa shape index (κ3) is 6.53. The summed E-state index contributed by atoms with van der Waals surface area (Å²) in [5.41, 5.74) is 1.04. The van der Waals surface area contributed by atoms with Crippen LogP contribution in [0.2, 0.25) is 0 Å². The molecular formula is C25H38O5S. The van der Waals surface area contributed by atoms with Gasteiger partial charge in [-0.3, -0.25) is 4.18 Å². The predicted octanol–water partition coefficient (Wildman–Crippen LogP) is 5.47. The largest absolute Gasteiger partial charge is 0.350 e. The van der Waals surface area contributed by atoms with Crippen LogP contribution in [-0.2, 0) is 23.8 Å². The summed E-state index contributed by atoms with van der Waals surface area (Å²) in [6.07, 6.45) is 12.3. The van der Waals surface area contributed by atoms with Gasteiger partial charge in [-0.05, 0) is 94.1 Å². The van der Waals surface area contributed by atoms with Gasteiger partial charge in [-0.1, -0.05) is 30.5 Å². The molecule has 1 aliphatic heterocycles. The lowest BCUT2D eigenvalue weighted by Crippen LogP contribution is -2.27. The third-order valence-corrected chi connectivity index (χ3v) is 9.02. The van der Waals surface area contributed by atoms with Gasteiger partial charge in [0.05, 0.1) is 24.7 Å². The van der Waals surface area contributed by atoms with Crippen LogP contribution in [0.1, 0.15) is 69.8 Å². The lowest BCUT2D eigenvalue weighted by atomic mass is 9.69. The molecule has 1 aromatic carbocycles. The first kappa shape index (κ1) is 23.2. The molecule has 1 aromatic rings. The Morgan fingerprint density at radius 1 is 0.806 bits per heavy atom. The predicted molar refractivity (Wildman–Crippen MR) is 120 cm³/mol. The van der Waals surface area contributed by atoms with Crippen LogP contribution in [0.25, 0.3) is 0 Å². The van der Waals surface area contributed by atoms with Crippen molar-refractivity contribution in [2.24, 2.45) is 23.7 Å². The van der Waals surface area contributed by atoms with Gasteiger partial charge in [0, 0.05) is 0 Å². The van der Waals surface area contributed by atoms with Crippen molar-refractivity contribution in [1.29, 1.82) is 0 Å². The van der Waals surface area contributed by atoms with Gasteiger partial charge in [-0.25, -0.2) is 0 Å². The zero-order chi connectivity index (χ0) is 21.7. The van der Waals surface area contributed by atoms with Crippen LogP contribution >= 0.6 is 0 Å². The van der Waals surface area contributed by atoms with Crippen LogP contribution in [0.15, 0.2) is 29.2 Å². The SMILES string of the molecule is Cc1ccc(S(=O)(=O)OC[C@H]2CC[C@H]([C@H]3CC[C@H](CCC4OCCO4)CC3)CC2)cc1. The molecule has 1 saturated heterocycles. The first-order chi connectivity index (χ1) is 15.0. The van der Waals surface area contributed by atoms with Gasteiger partial charge in [0.2, 0.25) is 0 Å². The Hall–Kier alpha value is -0.950. The minimum absolute atomic E-state index is 0.0463. The van der Waals surface area contributed by atoms with E-state index in [1.165, 1.54) is 44.9 Å². The Labute approximate surface area is 188 Å². The Balaban J connectivity index is 1.14. The van der Waals surface area contributed by atoms with Crippen LogP contribution in [0, 0.1) is 30.6 Å². The molecule has 31 heavy (non-hydrogen) atoms. The monoisotopic (exact) mass is 450 g/mol. The Morgan fingerprint density at radius 3 is 1.94 bits per heavy atom. The molecule has 5 nitrogen and oxygen atoms in total. The van der Waals surface area contributed by atoms with Gasteiger partial charge >= 0.3 is 0 Å². The Morgan fingerprint density at radius 2 is 1.35 bits per heavy atom. The van der Waals surface area contributed by atoms with Crippen molar-refractivity contribution in [2.45, 2.75) is 82.3 Å². The lowest BCUT2D eigenvalue weighted by molar-refractivity contribution is -0.0514. The van der Waals surface area contributed by atoms with Crippen LogP contribution < -0.4 is 0 Å². The highest BCUT2D eigenvalue weighted by Gasteiger charge is 2.32. The van der Waals surface area contributed by atoms with Crippen LogP contribution in [0.3, 0.4) is 0 Å². The Kier molecular flexibility index (Phi) is 8.07. The van der Waals surface area contributed by atoms with Gasteiger partial charge in [0.15, 0.2) is 6.29 Å². The molecule has 0 aromatic heterocycles. The van der Waals surface area contributed by atoms with E-state index in [9.17, 15) is 8.42 Å². The van der Waals surface area contributed by atoms with Crippen molar-refractivity contribution in [3.63, 3.8) is 0 Å². The van der Waals surface area contributed by atoms with Crippen molar-refractivity contribution in [1.82, 2.24) is 0 Å². The lowest BCUT2D eigenvalue weighted by Gasteiger charge is -2.38. The summed E-state index contributed by atoms with van der Waals surface area (Å²) in [5.74, 6) is 2.86. The second kappa shape index (κ2) is 10.8. The molecule has 6 heteroatoms. The molecular weight excluding hydrogens is 412 g/mol. The summed E-state index contributed by atoms with van der Waals surface area (Å²) in [6.45, 7) is 3.77. The first-order valence-corrected chi connectivity index (χ1v) is 13.6. The highest BCUT2D eigenvalue weighted by Crippen LogP contribution is 2.42. The standard InChI is InChI=1S/C25H38O5S/c1-19-2-13-24(14-3-19)31(26,27)30-18-21-6-11-23(12-7-21)22-9-4-20(5-10-22)8-15-25-28-16-17-29-25/h2-3,13-14,20-23,25H,4-12,15-18H2,1H3/t20-,21-,22-,23-. The first-order valence-electron chi connectivity index (χ1n) is 12.2. The van der Waals surface area contributed by atoms with Crippen molar-refractivity contribution in [3.8, 4) is 0 Å². The normalized spacial score (nSPS) is 30.5. The fourth-order valence-corrected chi connectivity index (χ4v) is 6.66. The van der Waals surface area contributed by atoms with E-state index in [0.717, 1.165) is 55.8 Å².